The molecule has 1 N–H and O–H groups in total. The average Bonchev–Trinajstić information content (AvgIpc) is 2.70. The standard InChI is InChI=1S/C22H29NO5/c1-16(2)28-19-11-10-17(14-20(19)25-3)12-13-23-22(24)21(26-4)15-27-18-8-6-5-7-9-18/h5-11,14,16,21H,12-13,15H2,1-4H3,(H,23,24)/t21-/m0/s1. The Balaban J connectivity index is 1.83. The van der Waals surface area contributed by atoms with Crippen LogP contribution < -0.4 is 19.5 Å². The van der Waals surface area contributed by atoms with Crippen LogP contribution in [0.15, 0.2) is 48.5 Å². The number of carbonyl (C=O) groups excluding carboxylic acids is 1. The quantitative estimate of drug-likeness (QED) is 0.641. The predicted octanol–water partition coefficient (Wildman–Crippen LogP) is 3.24. The largest absolute Gasteiger partial charge is 0.493 e. The van der Waals surface area contributed by atoms with Crippen LogP contribution in [0.25, 0.3) is 0 Å². The molecule has 0 saturated carbocycles. The van der Waals surface area contributed by atoms with Crippen LogP contribution in [0.5, 0.6) is 17.2 Å². The molecule has 0 bridgehead atoms. The summed E-state index contributed by atoms with van der Waals surface area (Å²) in [6.45, 7) is 4.58. The number of amides is 1. The first-order valence-electron chi connectivity index (χ1n) is 9.35. The molecule has 0 aliphatic heterocycles. The molecule has 2 rings (SSSR count). The van der Waals surface area contributed by atoms with Crippen LogP contribution in [0.2, 0.25) is 0 Å². The van der Waals surface area contributed by atoms with Gasteiger partial charge in [0.15, 0.2) is 17.6 Å². The van der Waals surface area contributed by atoms with E-state index >= 15 is 0 Å². The summed E-state index contributed by atoms with van der Waals surface area (Å²) in [6.07, 6.45) is 0.0692. The Hall–Kier alpha value is -2.73. The maximum atomic E-state index is 12.3. The lowest BCUT2D eigenvalue weighted by atomic mass is 10.1. The Labute approximate surface area is 166 Å². The van der Waals surface area contributed by atoms with Gasteiger partial charge in [0.25, 0.3) is 5.91 Å². The topological polar surface area (TPSA) is 66.0 Å². The number of methoxy groups -OCH3 is 2. The van der Waals surface area contributed by atoms with Gasteiger partial charge in [-0.3, -0.25) is 4.79 Å². The second-order valence-corrected chi connectivity index (χ2v) is 6.54. The molecule has 0 unspecified atom stereocenters. The zero-order valence-electron chi connectivity index (χ0n) is 16.9. The van der Waals surface area contributed by atoms with Crippen LogP contribution in [0.4, 0.5) is 0 Å². The zero-order valence-corrected chi connectivity index (χ0v) is 16.9. The second-order valence-electron chi connectivity index (χ2n) is 6.54. The van der Waals surface area contributed by atoms with Crippen LogP contribution in [-0.4, -0.2) is 45.5 Å². The molecular formula is C22H29NO5. The van der Waals surface area contributed by atoms with Crippen molar-refractivity contribution in [3.63, 3.8) is 0 Å². The van der Waals surface area contributed by atoms with Gasteiger partial charge < -0.3 is 24.3 Å². The van der Waals surface area contributed by atoms with Crippen molar-refractivity contribution in [2.24, 2.45) is 0 Å². The molecule has 1 atom stereocenters. The average molecular weight is 387 g/mol. The fourth-order valence-electron chi connectivity index (χ4n) is 2.60. The first-order chi connectivity index (χ1) is 13.5. The summed E-state index contributed by atoms with van der Waals surface area (Å²) in [5.41, 5.74) is 1.04. The third kappa shape index (κ3) is 6.78. The third-order valence-corrected chi connectivity index (χ3v) is 4.03. The summed E-state index contributed by atoms with van der Waals surface area (Å²) in [7, 11) is 3.11. The molecule has 0 heterocycles. The number of ether oxygens (including phenoxy) is 4. The van der Waals surface area contributed by atoms with Gasteiger partial charge in [0, 0.05) is 13.7 Å². The van der Waals surface area contributed by atoms with Gasteiger partial charge in [0.1, 0.15) is 12.4 Å². The van der Waals surface area contributed by atoms with E-state index in [4.69, 9.17) is 18.9 Å². The molecule has 6 heteroatoms. The molecular weight excluding hydrogens is 358 g/mol. The predicted molar refractivity (Wildman–Crippen MR) is 108 cm³/mol. The molecule has 2 aromatic carbocycles. The van der Waals surface area contributed by atoms with Crippen LogP contribution in [0.3, 0.4) is 0 Å². The fraction of sp³-hybridized carbons (Fsp3) is 0.409. The minimum Gasteiger partial charge on any atom is -0.493 e. The molecule has 152 valence electrons. The van der Waals surface area contributed by atoms with E-state index in [1.165, 1.54) is 7.11 Å². The van der Waals surface area contributed by atoms with Gasteiger partial charge in [-0.2, -0.15) is 0 Å². The van der Waals surface area contributed by atoms with Gasteiger partial charge in [-0.1, -0.05) is 24.3 Å². The molecule has 0 aromatic heterocycles. The zero-order chi connectivity index (χ0) is 20.4. The van der Waals surface area contributed by atoms with Gasteiger partial charge in [-0.15, -0.1) is 0 Å². The van der Waals surface area contributed by atoms with E-state index in [0.29, 0.717) is 30.2 Å². The highest BCUT2D eigenvalue weighted by atomic mass is 16.5. The summed E-state index contributed by atoms with van der Waals surface area (Å²) in [6, 6.07) is 15.1. The molecule has 0 aliphatic carbocycles. The second kappa shape index (κ2) is 11.2. The van der Waals surface area contributed by atoms with E-state index < -0.39 is 6.10 Å². The first-order valence-corrected chi connectivity index (χ1v) is 9.35. The normalized spacial score (nSPS) is 11.8. The summed E-state index contributed by atoms with van der Waals surface area (Å²) >= 11 is 0. The Morgan fingerprint density at radius 1 is 1.04 bits per heavy atom. The smallest absolute Gasteiger partial charge is 0.252 e. The molecule has 0 fully saturated rings. The van der Waals surface area contributed by atoms with Gasteiger partial charge >= 0.3 is 0 Å². The van der Waals surface area contributed by atoms with Gasteiger partial charge in [-0.25, -0.2) is 0 Å². The highest BCUT2D eigenvalue weighted by Gasteiger charge is 2.18. The van der Waals surface area contributed by atoms with E-state index in [2.05, 4.69) is 5.32 Å². The first kappa shape index (κ1) is 21.6. The van der Waals surface area contributed by atoms with E-state index in [1.54, 1.807) is 7.11 Å². The summed E-state index contributed by atoms with van der Waals surface area (Å²) in [5, 5.41) is 2.89. The van der Waals surface area contributed by atoms with E-state index in [-0.39, 0.29) is 18.6 Å². The maximum absolute atomic E-state index is 12.3. The molecule has 2 aromatic rings. The van der Waals surface area contributed by atoms with Gasteiger partial charge in [-0.05, 0) is 50.1 Å². The monoisotopic (exact) mass is 387 g/mol. The molecule has 0 saturated heterocycles. The van der Waals surface area contributed by atoms with E-state index in [9.17, 15) is 4.79 Å². The van der Waals surface area contributed by atoms with E-state index in [0.717, 1.165) is 5.56 Å². The van der Waals surface area contributed by atoms with Crippen LogP contribution >= 0.6 is 0 Å². The Kier molecular flexibility index (Phi) is 8.62. The van der Waals surface area contributed by atoms with Crippen molar-refractivity contribution in [3.8, 4) is 17.2 Å². The van der Waals surface area contributed by atoms with Crippen LogP contribution in [0, 0.1) is 0 Å². The molecule has 6 nitrogen and oxygen atoms in total. The number of nitrogens with one attached hydrogen (secondary N) is 1. The number of rotatable bonds is 11. The number of para-hydroxylation sites is 1. The van der Waals surface area contributed by atoms with Crippen molar-refractivity contribution in [2.45, 2.75) is 32.5 Å². The summed E-state index contributed by atoms with van der Waals surface area (Å²) in [4.78, 5) is 12.3. The fourth-order valence-corrected chi connectivity index (χ4v) is 2.60. The Morgan fingerprint density at radius 3 is 2.43 bits per heavy atom. The highest BCUT2D eigenvalue weighted by Crippen LogP contribution is 2.29. The van der Waals surface area contributed by atoms with Crippen molar-refractivity contribution < 1.29 is 23.7 Å². The van der Waals surface area contributed by atoms with Crippen LogP contribution in [-0.2, 0) is 16.0 Å². The Morgan fingerprint density at radius 2 is 1.79 bits per heavy atom. The lowest BCUT2D eigenvalue weighted by molar-refractivity contribution is -0.132. The SMILES string of the molecule is COc1cc(CCNC(=O)[C@H](COc2ccccc2)OC)ccc1OC(C)C. The van der Waals surface area contributed by atoms with Crippen LogP contribution in [0.1, 0.15) is 19.4 Å². The third-order valence-electron chi connectivity index (χ3n) is 4.03. The van der Waals surface area contributed by atoms with Crippen molar-refractivity contribution >= 4 is 5.91 Å². The van der Waals surface area contributed by atoms with Crippen molar-refractivity contribution in [2.75, 3.05) is 27.4 Å². The number of benzene rings is 2. The minimum absolute atomic E-state index is 0.0723. The van der Waals surface area contributed by atoms with Crippen molar-refractivity contribution in [3.05, 3.63) is 54.1 Å². The lowest BCUT2D eigenvalue weighted by Crippen LogP contribution is -2.40. The number of hydrogen-bond donors (Lipinski definition) is 1. The summed E-state index contributed by atoms with van der Waals surface area (Å²) in [5.74, 6) is 1.89. The molecule has 28 heavy (non-hydrogen) atoms. The minimum atomic E-state index is -0.670. The molecule has 0 spiro atoms. The van der Waals surface area contributed by atoms with Gasteiger partial charge in [0.05, 0.1) is 13.2 Å². The lowest BCUT2D eigenvalue weighted by Gasteiger charge is -2.17. The van der Waals surface area contributed by atoms with Crippen molar-refractivity contribution in [1.82, 2.24) is 5.32 Å². The maximum Gasteiger partial charge on any atom is 0.252 e. The van der Waals surface area contributed by atoms with Gasteiger partial charge in [0.2, 0.25) is 0 Å². The Bertz CT molecular complexity index is 733. The molecule has 0 aliphatic rings. The molecule has 1 amide bonds. The highest BCUT2D eigenvalue weighted by molar-refractivity contribution is 5.80. The summed E-state index contributed by atoms with van der Waals surface area (Å²) < 4.78 is 22.0. The molecule has 0 radical (unpaired) electrons. The van der Waals surface area contributed by atoms with E-state index in [1.807, 2.05) is 62.4 Å². The number of carbonyl (C=O) groups is 1. The number of hydrogen-bond acceptors (Lipinski definition) is 5. The van der Waals surface area contributed by atoms with Crippen molar-refractivity contribution in [1.29, 1.82) is 0 Å².